The average Bonchev–Trinajstić information content (AvgIpc) is 3.04. The summed E-state index contributed by atoms with van der Waals surface area (Å²) in [6.07, 6.45) is 2.09. The van der Waals surface area contributed by atoms with Crippen LogP contribution in [0.2, 0.25) is 0 Å². The lowest BCUT2D eigenvalue weighted by Gasteiger charge is -2.04. The van der Waals surface area contributed by atoms with Gasteiger partial charge >= 0.3 is 5.69 Å². The molecular weight excluding hydrogens is 268 g/mol. The molecule has 0 amide bonds. The molecule has 0 unspecified atom stereocenters. The van der Waals surface area contributed by atoms with E-state index in [2.05, 4.69) is 22.4 Å². The minimum atomic E-state index is -0.0544. The molecule has 0 atom stereocenters. The molecule has 2 heterocycles. The first-order valence-electron chi connectivity index (χ1n) is 7.11. The van der Waals surface area contributed by atoms with Crippen LogP contribution in [0.4, 0.5) is 0 Å². The molecule has 3 rings (SSSR count). The van der Waals surface area contributed by atoms with E-state index in [-0.39, 0.29) is 5.69 Å². The number of hydrogen-bond donors (Lipinski definition) is 0. The standard InChI is InChI=1S/C14H18N6O/c1-3-4-9-20-13(15-16-17-20)10-19-12-8-6-5-7-11(12)18(2)14(19)21/h5-8H,3-4,9-10H2,1-2H3. The van der Waals surface area contributed by atoms with E-state index in [4.69, 9.17) is 0 Å². The van der Waals surface area contributed by atoms with Crippen LogP contribution in [0.5, 0.6) is 0 Å². The zero-order valence-corrected chi connectivity index (χ0v) is 12.2. The molecule has 7 heteroatoms. The summed E-state index contributed by atoms with van der Waals surface area (Å²) in [5.41, 5.74) is 1.76. The van der Waals surface area contributed by atoms with Gasteiger partial charge in [-0.25, -0.2) is 9.48 Å². The highest BCUT2D eigenvalue weighted by Crippen LogP contribution is 2.12. The Hall–Kier alpha value is -2.44. The first kappa shape index (κ1) is 13.5. The van der Waals surface area contributed by atoms with Gasteiger partial charge in [-0.3, -0.25) is 9.13 Å². The molecule has 0 aliphatic rings. The molecule has 0 N–H and O–H groups in total. The molecule has 0 aliphatic heterocycles. The van der Waals surface area contributed by atoms with Gasteiger partial charge in [0.05, 0.1) is 17.6 Å². The van der Waals surface area contributed by atoms with Gasteiger partial charge in [0, 0.05) is 13.6 Å². The number of aryl methyl sites for hydroxylation is 2. The molecule has 1 aromatic carbocycles. The van der Waals surface area contributed by atoms with Crippen LogP contribution in [0.25, 0.3) is 11.0 Å². The Bertz CT molecular complexity index is 812. The highest BCUT2D eigenvalue weighted by molar-refractivity contribution is 5.75. The molecular formula is C14H18N6O. The molecule has 110 valence electrons. The Kier molecular flexibility index (Phi) is 3.55. The lowest BCUT2D eigenvalue weighted by molar-refractivity contribution is 0.522. The van der Waals surface area contributed by atoms with Gasteiger partial charge in [-0.1, -0.05) is 25.5 Å². The van der Waals surface area contributed by atoms with Crippen LogP contribution < -0.4 is 5.69 Å². The number of hydrogen-bond acceptors (Lipinski definition) is 4. The summed E-state index contributed by atoms with van der Waals surface area (Å²) < 4.78 is 5.14. The van der Waals surface area contributed by atoms with Crippen molar-refractivity contribution in [2.24, 2.45) is 7.05 Å². The summed E-state index contributed by atoms with van der Waals surface area (Å²) in [6, 6.07) is 7.74. The van der Waals surface area contributed by atoms with E-state index >= 15 is 0 Å². The van der Waals surface area contributed by atoms with E-state index < -0.39 is 0 Å². The van der Waals surface area contributed by atoms with Crippen molar-refractivity contribution in [3.63, 3.8) is 0 Å². The molecule has 0 spiro atoms. The van der Waals surface area contributed by atoms with Crippen molar-refractivity contribution in [1.82, 2.24) is 29.3 Å². The lowest BCUT2D eigenvalue weighted by atomic mass is 10.3. The number of nitrogens with zero attached hydrogens (tertiary/aromatic N) is 6. The molecule has 3 aromatic rings. The van der Waals surface area contributed by atoms with Gasteiger partial charge in [0.15, 0.2) is 5.82 Å². The van der Waals surface area contributed by atoms with Crippen LogP contribution in [-0.2, 0) is 20.1 Å². The van der Waals surface area contributed by atoms with Crippen LogP contribution in [-0.4, -0.2) is 29.3 Å². The third kappa shape index (κ3) is 2.35. The smallest absolute Gasteiger partial charge is 0.295 e. The van der Waals surface area contributed by atoms with Crippen molar-refractivity contribution in [2.75, 3.05) is 0 Å². The third-order valence-corrected chi connectivity index (χ3v) is 3.68. The maximum atomic E-state index is 12.4. The zero-order valence-electron chi connectivity index (χ0n) is 12.2. The summed E-state index contributed by atoms with van der Waals surface area (Å²) in [4.78, 5) is 12.4. The minimum Gasteiger partial charge on any atom is -0.295 e. The Balaban J connectivity index is 2.01. The number of aromatic nitrogens is 6. The van der Waals surface area contributed by atoms with E-state index in [1.165, 1.54) is 0 Å². The van der Waals surface area contributed by atoms with Crippen LogP contribution in [0, 0.1) is 0 Å². The Morgan fingerprint density at radius 3 is 2.71 bits per heavy atom. The van der Waals surface area contributed by atoms with Crippen LogP contribution in [0.15, 0.2) is 29.1 Å². The van der Waals surface area contributed by atoms with Crippen LogP contribution >= 0.6 is 0 Å². The van der Waals surface area contributed by atoms with Gasteiger partial charge < -0.3 is 0 Å². The molecule has 0 saturated carbocycles. The van der Waals surface area contributed by atoms with Crippen molar-refractivity contribution < 1.29 is 0 Å². The maximum Gasteiger partial charge on any atom is 0.329 e. The first-order valence-corrected chi connectivity index (χ1v) is 7.11. The van der Waals surface area contributed by atoms with Crippen molar-refractivity contribution >= 4 is 11.0 Å². The predicted molar refractivity (Wildman–Crippen MR) is 79.0 cm³/mol. The molecule has 21 heavy (non-hydrogen) atoms. The summed E-state index contributed by atoms with van der Waals surface area (Å²) >= 11 is 0. The number of rotatable bonds is 5. The Morgan fingerprint density at radius 2 is 1.95 bits per heavy atom. The molecule has 0 aliphatic carbocycles. The first-order chi connectivity index (χ1) is 10.2. The number of tetrazole rings is 1. The van der Waals surface area contributed by atoms with E-state index in [9.17, 15) is 4.79 Å². The average molecular weight is 286 g/mol. The fraction of sp³-hybridized carbons (Fsp3) is 0.429. The molecule has 0 bridgehead atoms. The van der Waals surface area contributed by atoms with E-state index in [0.717, 1.165) is 30.4 Å². The van der Waals surface area contributed by atoms with Crippen LogP contribution in [0.3, 0.4) is 0 Å². The lowest BCUT2D eigenvalue weighted by Crippen LogP contribution is -2.24. The number of para-hydroxylation sites is 2. The minimum absolute atomic E-state index is 0.0544. The van der Waals surface area contributed by atoms with Crippen molar-refractivity contribution in [2.45, 2.75) is 32.9 Å². The number of unbranched alkanes of at least 4 members (excludes halogenated alkanes) is 1. The highest BCUT2D eigenvalue weighted by Gasteiger charge is 2.13. The fourth-order valence-corrected chi connectivity index (χ4v) is 2.48. The third-order valence-electron chi connectivity index (χ3n) is 3.68. The van der Waals surface area contributed by atoms with E-state index in [0.29, 0.717) is 12.4 Å². The highest BCUT2D eigenvalue weighted by atomic mass is 16.1. The zero-order chi connectivity index (χ0) is 14.8. The monoisotopic (exact) mass is 286 g/mol. The van der Waals surface area contributed by atoms with Crippen molar-refractivity contribution in [3.8, 4) is 0 Å². The normalized spacial score (nSPS) is 11.3. The topological polar surface area (TPSA) is 70.5 Å². The molecule has 7 nitrogen and oxygen atoms in total. The molecule has 0 saturated heterocycles. The predicted octanol–water partition coefficient (Wildman–Crippen LogP) is 1.17. The maximum absolute atomic E-state index is 12.4. The van der Waals surface area contributed by atoms with Gasteiger partial charge in [0.1, 0.15) is 0 Å². The number of imidazole rings is 1. The van der Waals surface area contributed by atoms with E-state index in [1.807, 2.05) is 24.3 Å². The van der Waals surface area contributed by atoms with Gasteiger partial charge in [0.25, 0.3) is 0 Å². The summed E-state index contributed by atoms with van der Waals surface area (Å²) in [5.74, 6) is 0.710. The fourth-order valence-electron chi connectivity index (χ4n) is 2.48. The second-order valence-electron chi connectivity index (χ2n) is 5.09. The summed E-state index contributed by atoms with van der Waals surface area (Å²) in [6.45, 7) is 3.29. The Labute approximate surface area is 121 Å². The van der Waals surface area contributed by atoms with Gasteiger partial charge in [-0.15, -0.1) is 5.10 Å². The summed E-state index contributed by atoms with van der Waals surface area (Å²) in [7, 11) is 1.78. The molecule has 2 aromatic heterocycles. The second-order valence-corrected chi connectivity index (χ2v) is 5.09. The number of fused-ring (bicyclic) bond motifs is 1. The quantitative estimate of drug-likeness (QED) is 0.706. The van der Waals surface area contributed by atoms with Crippen molar-refractivity contribution in [3.05, 3.63) is 40.6 Å². The van der Waals surface area contributed by atoms with Crippen molar-refractivity contribution in [1.29, 1.82) is 0 Å². The van der Waals surface area contributed by atoms with Crippen LogP contribution in [0.1, 0.15) is 25.6 Å². The second kappa shape index (κ2) is 5.51. The van der Waals surface area contributed by atoms with Gasteiger partial charge in [-0.05, 0) is 29.0 Å². The SMILES string of the molecule is CCCCn1nnnc1Cn1c(=O)n(C)c2ccccc21. The van der Waals surface area contributed by atoms with E-state index in [1.54, 1.807) is 20.9 Å². The Morgan fingerprint density at radius 1 is 1.19 bits per heavy atom. The van der Waals surface area contributed by atoms with Gasteiger partial charge in [0.2, 0.25) is 0 Å². The summed E-state index contributed by atoms with van der Waals surface area (Å²) in [5, 5.41) is 11.8. The number of benzene rings is 1. The largest absolute Gasteiger partial charge is 0.329 e. The van der Waals surface area contributed by atoms with Gasteiger partial charge in [-0.2, -0.15) is 0 Å². The molecule has 0 radical (unpaired) electrons. The molecule has 0 fully saturated rings.